The molecule has 0 saturated carbocycles. The molecule has 8 heteroatoms. The fourth-order valence-corrected chi connectivity index (χ4v) is 5.10. The number of likely N-dealkylation sites (tertiary alicyclic amines) is 1. The number of sulfonamides is 1. The molecule has 1 amide bonds. The molecular weight excluding hydrogens is 438 g/mol. The summed E-state index contributed by atoms with van der Waals surface area (Å²) in [6, 6.07) is 13.4. The van der Waals surface area contributed by atoms with Crippen LogP contribution in [0.5, 0.6) is 5.75 Å². The quantitative estimate of drug-likeness (QED) is 0.476. The van der Waals surface area contributed by atoms with Crippen molar-refractivity contribution in [2.24, 2.45) is 0 Å². The van der Waals surface area contributed by atoms with Crippen molar-refractivity contribution in [3.63, 3.8) is 0 Å². The van der Waals surface area contributed by atoms with Gasteiger partial charge in [0, 0.05) is 23.8 Å². The summed E-state index contributed by atoms with van der Waals surface area (Å²) in [7, 11) is -3.77. The second kappa shape index (κ2) is 12.0. The van der Waals surface area contributed by atoms with Crippen LogP contribution in [0.25, 0.3) is 0 Å². The van der Waals surface area contributed by atoms with Gasteiger partial charge in [0.2, 0.25) is 0 Å². The number of nitrogens with zero attached hydrogens (tertiary/aromatic N) is 1. The van der Waals surface area contributed by atoms with E-state index in [1.807, 2.05) is 6.92 Å². The molecule has 1 fully saturated rings. The van der Waals surface area contributed by atoms with Gasteiger partial charge in [-0.25, -0.2) is 8.42 Å². The summed E-state index contributed by atoms with van der Waals surface area (Å²) in [6.45, 7) is 7.51. The molecule has 180 valence electrons. The molecule has 0 aliphatic carbocycles. The molecule has 0 radical (unpaired) electrons. The fraction of sp³-hybridized carbons (Fsp3) is 0.480. The molecule has 2 N–H and O–H groups in total. The molecule has 0 unspecified atom stereocenters. The molecule has 7 nitrogen and oxygen atoms in total. The number of hydrogen-bond donors (Lipinski definition) is 2. The third kappa shape index (κ3) is 7.47. The second-order valence-corrected chi connectivity index (χ2v) is 10.1. The lowest BCUT2D eigenvalue weighted by molar-refractivity contribution is 0.0951. The van der Waals surface area contributed by atoms with Gasteiger partial charge in [0.05, 0.1) is 11.5 Å². The summed E-state index contributed by atoms with van der Waals surface area (Å²) < 4.78 is 33.3. The zero-order chi connectivity index (χ0) is 23.7. The Bertz CT molecular complexity index is 1010. The number of carbonyl (C=O) groups is 1. The topological polar surface area (TPSA) is 87.7 Å². The van der Waals surface area contributed by atoms with Gasteiger partial charge in [-0.1, -0.05) is 12.5 Å². The van der Waals surface area contributed by atoms with E-state index in [4.69, 9.17) is 4.74 Å². The highest BCUT2D eigenvalue weighted by molar-refractivity contribution is 7.92. The van der Waals surface area contributed by atoms with Gasteiger partial charge in [0.15, 0.2) is 0 Å². The number of ether oxygens (including phenoxy) is 1. The van der Waals surface area contributed by atoms with Gasteiger partial charge in [-0.15, -0.1) is 0 Å². The van der Waals surface area contributed by atoms with Crippen LogP contribution in [0.15, 0.2) is 53.4 Å². The number of benzene rings is 2. The summed E-state index contributed by atoms with van der Waals surface area (Å²) >= 11 is 0. The maximum absolute atomic E-state index is 12.7. The molecule has 3 rings (SSSR count). The van der Waals surface area contributed by atoms with Crippen LogP contribution in [0.3, 0.4) is 0 Å². The van der Waals surface area contributed by atoms with Gasteiger partial charge in [0.1, 0.15) is 5.75 Å². The largest absolute Gasteiger partial charge is 0.494 e. The van der Waals surface area contributed by atoms with Crippen molar-refractivity contribution in [1.82, 2.24) is 10.2 Å². The Labute approximate surface area is 197 Å². The van der Waals surface area contributed by atoms with Crippen molar-refractivity contribution in [3.8, 4) is 5.75 Å². The maximum Gasteiger partial charge on any atom is 0.261 e. The number of unbranched alkanes of at least 4 members (excludes halogenated alkanes) is 1. The SMILES string of the molecule is CCOc1ccc(S(=O)(=O)Nc2cccc(C(=O)NCCCCN3CCCC[C@H]3C)c2)cc1. The van der Waals surface area contributed by atoms with Gasteiger partial charge < -0.3 is 15.0 Å². The van der Waals surface area contributed by atoms with Gasteiger partial charge in [-0.2, -0.15) is 0 Å². The van der Waals surface area contributed by atoms with E-state index in [0.717, 1.165) is 19.4 Å². The molecule has 1 atom stereocenters. The van der Waals surface area contributed by atoms with Crippen molar-refractivity contribution in [3.05, 3.63) is 54.1 Å². The van der Waals surface area contributed by atoms with E-state index in [9.17, 15) is 13.2 Å². The smallest absolute Gasteiger partial charge is 0.261 e. The average molecular weight is 474 g/mol. The molecular formula is C25H35N3O4S. The van der Waals surface area contributed by atoms with Crippen LogP contribution in [0.1, 0.15) is 56.3 Å². The van der Waals surface area contributed by atoms with Gasteiger partial charge in [0.25, 0.3) is 15.9 Å². The van der Waals surface area contributed by atoms with Crippen molar-refractivity contribution in [2.45, 2.75) is 56.9 Å². The molecule has 1 aliphatic heterocycles. The average Bonchev–Trinajstić information content (AvgIpc) is 2.80. The van der Waals surface area contributed by atoms with E-state index < -0.39 is 10.0 Å². The Morgan fingerprint density at radius 1 is 1.12 bits per heavy atom. The third-order valence-electron chi connectivity index (χ3n) is 5.92. The summed E-state index contributed by atoms with van der Waals surface area (Å²) in [5.41, 5.74) is 0.766. The third-order valence-corrected chi connectivity index (χ3v) is 7.32. The van der Waals surface area contributed by atoms with Crippen molar-refractivity contribution in [1.29, 1.82) is 0 Å². The Hall–Kier alpha value is -2.58. The monoisotopic (exact) mass is 473 g/mol. The van der Waals surface area contributed by atoms with E-state index in [-0.39, 0.29) is 10.8 Å². The van der Waals surface area contributed by atoms with Crippen LogP contribution in [-0.4, -0.2) is 51.5 Å². The number of anilines is 1. The number of rotatable bonds is 11. The van der Waals surface area contributed by atoms with Crippen molar-refractivity contribution in [2.75, 3.05) is 31.0 Å². The zero-order valence-corrected chi connectivity index (χ0v) is 20.4. The van der Waals surface area contributed by atoms with E-state index >= 15 is 0 Å². The minimum Gasteiger partial charge on any atom is -0.494 e. The van der Waals surface area contributed by atoms with Crippen molar-refractivity contribution >= 4 is 21.6 Å². The van der Waals surface area contributed by atoms with Crippen molar-refractivity contribution < 1.29 is 17.9 Å². The van der Waals surface area contributed by atoms with E-state index in [1.165, 1.54) is 37.9 Å². The van der Waals surface area contributed by atoms with E-state index in [1.54, 1.807) is 36.4 Å². The van der Waals surface area contributed by atoms with E-state index in [2.05, 4.69) is 21.9 Å². The zero-order valence-electron chi connectivity index (χ0n) is 19.5. The summed E-state index contributed by atoms with van der Waals surface area (Å²) in [5.74, 6) is 0.406. The molecule has 2 aromatic carbocycles. The highest BCUT2D eigenvalue weighted by Crippen LogP contribution is 2.20. The van der Waals surface area contributed by atoms with Crippen LogP contribution in [0.2, 0.25) is 0 Å². The first-order chi connectivity index (χ1) is 15.9. The summed E-state index contributed by atoms with van der Waals surface area (Å²) in [6.07, 6.45) is 5.84. The predicted molar refractivity (Wildman–Crippen MR) is 131 cm³/mol. The standard InChI is InChI=1S/C25H35N3O4S/c1-3-32-23-12-14-24(15-13-23)33(30,31)27-22-11-8-10-21(19-22)25(29)26-16-5-7-18-28-17-6-4-9-20(28)2/h8,10-15,19-20,27H,3-7,9,16-18H2,1-2H3,(H,26,29)/t20-/m1/s1. The summed E-state index contributed by atoms with van der Waals surface area (Å²) in [4.78, 5) is 15.2. The van der Waals surface area contributed by atoms with Crippen LogP contribution in [0, 0.1) is 0 Å². The Morgan fingerprint density at radius 2 is 1.91 bits per heavy atom. The Balaban J connectivity index is 1.49. The predicted octanol–water partition coefficient (Wildman–Crippen LogP) is 4.27. The van der Waals surface area contributed by atoms with Crippen LogP contribution < -0.4 is 14.8 Å². The molecule has 33 heavy (non-hydrogen) atoms. The fourth-order valence-electron chi connectivity index (χ4n) is 4.05. The number of hydrogen-bond acceptors (Lipinski definition) is 5. The van der Waals surface area contributed by atoms with E-state index in [0.29, 0.717) is 36.2 Å². The number of nitrogens with one attached hydrogen (secondary N) is 2. The lowest BCUT2D eigenvalue weighted by Gasteiger charge is -2.33. The molecule has 1 saturated heterocycles. The first-order valence-corrected chi connectivity index (χ1v) is 13.3. The Kier molecular flexibility index (Phi) is 9.14. The first-order valence-electron chi connectivity index (χ1n) is 11.8. The van der Waals surface area contributed by atoms with Gasteiger partial charge in [-0.05, 0) is 95.1 Å². The number of piperidine rings is 1. The lowest BCUT2D eigenvalue weighted by Crippen LogP contribution is -2.38. The van der Waals surface area contributed by atoms with Gasteiger partial charge in [-0.3, -0.25) is 9.52 Å². The Morgan fingerprint density at radius 3 is 2.64 bits per heavy atom. The van der Waals surface area contributed by atoms with Crippen LogP contribution in [0.4, 0.5) is 5.69 Å². The second-order valence-electron chi connectivity index (χ2n) is 8.43. The normalized spacial score (nSPS) is 16.8. The minimum absolute atomic E-state index is 0.129. The first kappa shape index (κ1) is 25.1. The maximum atomic E-state index is 12.7. The minimum atomic E-state index is -3.77. The molecule has 0 aromatic heterocycles. The molecule has 2 aromatic rings. The van der Waals surface area contributed by atoms with Crippen LogP contribution >= 0.6 is 0 Å². The highest BCUT2D eigenvalue weighted by atomic mass is 32.2. The molecule has 0 spiro atoms. The lowest BCUT2D eigenvalue weighted by atomic mass is 10.0. The van der Waals surface area contributed by atoms with Gasteiger partial charge >= 0.3 is 0 Å². The van der Waals surface area contributed by atoms with Crippen LogP contribution in [-0.2, 0) is 10.0 Å². The molecule has 1 heterocycles. The molecule has 1 aliphatic rings. The summed E-state index contributed by atoms with van der Waals surface area (Å²) in [5, 5.41) is 2.94. The number of amides is 1. The molecule has 0 bridgehead atoms. The highest BCUT2D eigenvalue weighted by Gasteiger charge is 2.17. The number of carbonyl (C=O) groups excluding carboxylic acids is 1.